The lowest BCUT2D eigenvalue weighted by atomic mass is 9.66. The summed E-state index contributed by atoms with van der Waals surface area (Å²) < 4.78 is 1.87. The third-order valence-corrected chi connectivity index (χ3v) is 5.30. The van der Waals surface area contributed by atoms with Crippen LogP contribution in [0.5, 0.6) is 0 Å². The van der Waals surface area contributed by atoms with Crippen molar-refractivity contribution in [2.75, 3.05) is 5.12 Å². The van der Waals surface area contributed by atoms with Crippen molar-refractivity contribution in [3.63, 3.8) is 0 Å². The zero-order valence-electron chi connectivity index (χ0n) is 11.8. The van der Waals surface area contributed by atoms with E-state index in [1.54, 1.807) is 0 Å². The fourth-order valence-corrected chi connectivity index (χ4v) is 4.19. The molecule has 1 unspecified atom stereocenters. The summed E-state index contributed by atoms with van der Waals surface area (Å²) in [5.41, 5.74) is 7.40. The van der Waals surface area contributed by atoms with E-state index in [4.69, 9.17) is 4.84 Å². The van der Waals surface area contributed by atoms with Crippen molar-refractivity contribution in [1.29, 1.82) is 0 Å². The Morgan fingerprint density at radius 3 is 2.90 bits per heavy atom. The van der Waals surface area contributed by atoms with Gasteiger partial charge in [-0.3, -0.25) is 4.84 Å². The number of nitrogens with one attached hydrogen (secondary N) is 2. The van der Waals surface area contributed by atoms with Crippen LogP contribution >= 0.6 is 0 Å². The van der Waals surface area contributed by atoms with E-state index in [0.717, 1.165) is 23.7 Å². The molecule has 1 spiro atoms. The first kappa shape index (κ1) is 12.0. The van der Waals surface area contributed by atoms with E-state index in [2.05, 4.69) is 16.1 Å². The minimum Gasteiger partial charge on any atom is -0.257 e. The lowest BCUT2D eigenvalue weighted by Gasteiger charge is -2.47. The molecule has 6 rings (SSSR count). The molecule has 2 bridgehead atoms. The predicted octanol–water partition coefficient (Wildman–Crippen LogP) is 2.00. The second-order valence-corrected chi connectivity index (χ2v) is 6.52. The van der Waals surface area contributed by atoms with Crippen LogP contribution in [-0.4, -0.2) is 15.3 Å². The van der Waals surface area contributed by atoms with Gasteiger partial charge in [0.05, 0.1) is 5.52 Å². The van der Waals surface area contributed by atoms with Crippen LogP contribution in [0.3, 0.4) is 0 Å². The van der Waals surface area contributed by atoms with E-state index < -0.39 is 0 Å². The first-order chi connectivity index (χ1) is 10.3. The Hall–Kier alpha value is -1.63. The molecule has 1 aliphatic heterocycles. The minimum absolute atomic E-state index is 0.239. The molecular formula is C15H19N5O. The molecule has 2 aromatic heterocycles. The number of hydrogen-bond donors (Lipinski definition) is 2. The van der Waals surface area contributed by atoms with Gasteiger partial charge in [-0.25, -0.2) is 4.52 Å². The van der Waals surface area contributed by atoms with Gasteiger partial charge in [0.2, 0.25) is 0 Å². The summed E-state index contributed by atoms with van der Waals surface area (Å²) in [6.45, 7) is 0. The number of rotatable bonds is 1. The fraction of sp³-hybridized carbons (Fsp3) is 0.533. The standard InChI is InChI=1S/C15H19N5O/c1-2-8-19-13(3-1)9-14(16-19)20-17-15(21-18-20)10-11-4-6-12(15)7-5-11/h1-3,8-9,11-12,17-18H,4-7,10H2. The van der Waals surface area contributed by atoms with Gasteiger partial charge in [-0.2, -0.15) is 10.5 Å². The van der Waals surface area contributed by atoms with Gasteiger partial charge in [-0.15, -0.1) is 5.10 Å². The molecule has 2 N–H and O–H groups in total. The monoisotopic (exact) mass is 285 g/mol. The number of hydrazine groups is 2. The second-order valence-electron chi connectivity index (χ2n) is 6.52. The van der Waals surface area contributed by atoms with Crippen molar-refractivity contribution in [3.05, 3.63) is 30.5 Å². The summed E-state index contributed by atoms with van der Waals surface area (Å²) in [5.74, 6) is 2.22. The fourth-order valence-electron chi connectivity index (χ4n) is 4.19. The second kappa shape index (κ2) is 4.19. The van der Waals surface area contributed by atoms with E-state index >= 15 is 0 Å². The number of hydrogen-bond acceptors (Lipinski definition) is 5. The van der Waals surface area contributed by atoms with Gasteiger partial charge in [-0.1, -0.05) is 11.7 Å². The molecule has 4 aliphatic rings. The lowest BCUT2D eigenvalue weighted by molar-refractivity contribution is -0.153. The Kier molecular flexibility index (Phi) is 2.39. The highest BCUT2D eigenvalue weighted by Crippen LogP contribution is 2.48. The maximum absolute atomic E-state index is 5.99. The van der Waals surface area contributed by atoms with Crippen molar-refractivity contribution < 1.29 is 4.84 Å². The highest BCUT2D eigenvalue weighted by Gasteiger charge is 2.53. The van der Waals surface area contributed by atoms with Crippen molar-refractivity contribution in [2.24, 2.45) is 11.8 Å². The molecule has 3 heterocycles. The molecule has 0 amide bonds. The summed E-state index contributed by atoms with van der Waals surface area (Å²) >= 11 is 0. The van der Waals surface area contributed by atoms with Crippen molar-refractivity contribution in [2.45, 2.75) is 37.8 Å². The molecule has 21 heavy (non-hydrogen) atoms. The third-order valence-electron chi connectivity index (χ3n) is 5.30. The Morgan fingerprint density at radius 2 is 2.14 bits per heavy atom. The summed E-state index contributed by atoms with van der Waals surface area (Å²) in [4.78, 5) is 5.99. The van der Waals surface area contributed by atoms with E-state index in [1.165, 1.54) is 25.7 Å². The van der Waals surface area contributed by atoms with Gasteiger partial charge in [0.15, 0.2) is 11.5 Å². The summed E-state index contributed by atoms with van der Waals surface area (Å²) in [6, 6.07) is 8.09. The van der Waals surface area contributed by atoms with Gasteiger partial charge in [-0.05, 0) is 50.2 Å². The van der Waals surface area contributed by atoms with Gasteiger partial charge >= 0.3 is 0 Å². The van der Waals surface area contributed by atoms with Crippen LogP contribution in [0.2, 0.25) is 0 Å². The van der Waals surface area contributed by atoms with Crippen molar-refractivity contribution in [1.82, 2.24) is 20.6 Å². The Balaban J connectivity index is 1.44. The van der Waals surface area contributed by atoms with Crippen LogP contribution in [0.4, 0.5) is 5.82 Å². The molecular weight excluding hydrogens is 266 g/mol. The average molecular weight is 285 g/mol. The SMILES string of the molecule is c1ccn2nc(N3NOC4(CC5CCC4CC5)N3)cc2c1. The minimum atomic E-state index is -0.239. The van der Waals surface area contributed by atoms with E-state index in [-0.39, 0.29) is 5.72 Å². The molecule has 110 valence electrons. The van der Waals surface area contributed by atoms with Crippen molar-refractivity contribution in [3.8, 4) is 0 Å². The van der Waals surface area contributed by atoms with E-state index in [1.807, 2.05) is 40.1 Å². The van der Waals surface area contributed by atoms with E-state index in [0.29, 0.717) is 5.92 Å². The summed E-state index contributed by atoms with van der Waals surface area (Å²) in [7, 11) is 0. The highest BCUT2D eigenvalue weighted by molar-refractivity contribution is 5.55. The van der Waals surface area contributed by atoms with Crippen LogP contribution in [0.25, 0.3) is 5.52 Å². The van der Waals surface area contributed by atoms with Crippen LogP contribution in [0.15, 0.2) is 30.5 Å². The topological polar surface area (TPSA) is 53.8 Å². The zero-order valence-corrected chi connectivity index (χ0v) is 11.8. The lowest BCUT2D eigenvalue weighted by Crippen LogP contribution is -2.57. The molecule has 0 aromatic carbocycles. The maximum atomic E-state index is 5.99. The largest absolute Gasteiger partial charge is 0.257 e. The average Bonchev–Trinajstić information content (AvgIpc) is 3.13. The Labute approximate surface area is 123 Å². The normalized spacial score (nSPS) is 35.1. The molecule has 4 fully saturated rings. The molecule has 3 saturated carbocycles. The smallest absolute Gasteiger partial charge is 0.183 e. The molecule has 6 heteroatoms. The van der Waals surface area contributed by atoms with Gasteiger partial charge in [0.25, 0.3) is 0 Å². The number of aromatic nitrogens is 2. The predicted molar refractivity (Wildman–Crippen MR) is 77.8 cm³/mol. The molecule has 3 aliphatic carbocycles. The third kappa shape index (κ3) is 1.73. The highest BCUT2D eigenvalue weighted by atomic mass is 16.7. The number of anilines is 1. The first-order valence-electron chi connectivity index (χ1n) is 7.78. The Morgan fingerprint density at radius 1 is 1.24 bits per heavy atom. The van der Waals surface area contributed by atoms with Gasteiger partial charge < -0.3 is 0 Å². The molecule has 0 radical (unpaired) electrons. The number of nitrogens with zero attached hydrogens (tertiary/aromatic N) is 3. The maximum Gasteiger partial charge on any atom is 0.183 e. The number of fused-ring (bicyclic) bond motifs is 3. The quantitative estimate of drug-likeness (QED) is 0.839. The van der Waals surface area contributed by atoms with Crippen LogP contribution in [-0.2, 0) is 4.84 Å². The molecule has 1 atom stereocenters. The van der Waals surface area contributed by atoms with Crippen LogP contribution < -0.4 is 16.1 Å². The van der Waals surface area contributed by atoms with Gasteiger partial charge in [0.1, 0.15) is 0 Å². The number of pyridine rings is 1. The molecule has 1 saturated heterocycles. The summed E-state index contributed by atoms with van der Waals surface area (Å²) in [6.07, 6.45) is 8.27. The molecule has 2 aromatic rings. The molecule has 6 nitrogen and oxygen atoms in total. The first-order valence-corrected chi connectivity index (χ1v) is 7.78. The Bertz CT molecular complexity index is 645. The van der Waals surface area contributed by atoms with Crippen molar-refractivity contribution >= 4 is 11.3 Å². The van der Waals surface area contributed by atoms with Crippen LogP contribution in [0, 0.1) is 11.8 Å². The van der Waals surface area contributed by atoms with Gasteiger partial charge in [0, 0.05) is 18.2 Å². The van der Waals surface area contributed by atoms with E-state index in [9.17, 15) is 0 Å². The zero-order chi connectivity index (χ0) is 13.9. The summed E-state index contributed by atoms with van der Waals surface area (Å²) in [5, 5.41) is 6.40. The van der Waals surface area contributed by atoms with Crippen LogP contribution in [0.1, 0.15) is 32.1 Å².